The third kappa shape index (κ3) is 4.59. The second kappa shape index (κ2) is 8.29. The molecule has 1 aromatic heterocycles. The topological polar surface area (TPSA) is 42.3 Å². The normalized spacial score (nSPS) is 18.0. The maximum Gasteiger partial charge on any atom is 0.204 e. The predicted molar refractivity (Wildman–Crippen MR) is 106 cm³/mol. The smallest absolute Gasteiger partial charge is 0.204 e. The molecule has 1 aromatic carbocycles. The fourth-order valence-corrected chi connectivity index (χ4v) is 4.34. The Morgan fingerprint density at radius 3 is 2.80 bits per heavy atom. The van der Waals surface area contributed by atoms with Gasteiger partial charge in [-0.15, -0.1) is 5.10 Å². The van der Waals surface area contributed by atoms with E-state index in [0.717, 1.165) is 28.0 Å². The average molecular weight is 379 g/mol. The highest BCUT2D eigenvalue weighted by molar-refractivity contribution is 7.73. The second-order valence-corrected chi connectivity index (χ2v) is 8.21. The van der Waals surface area contributed by atoms with Gasteiger partial charge in [-0.3, -0.25) is 4.90 Å². The molecule has 1 aliphatic rings. The molecule has 1 aliphatic heterocycles. The van der Waals surface area contributed by atoms with Crippen molar-refractivity contribution in [1.29, 1.82) is 0 Å². The van der Waals surface area contributed by atoms with Crippen molar-refractivity contribution in [3.63, 3.8) is 0 Å². The molecule has 1 fully saturated rings. The van der Waals surface area contributed by atoms with Gasteiger partial charge >= 0.3 is 0 Å². The molecule has 0 radical (unpaired) electrons. The molecule has 0 spiro atoms. The molecule has 2 heterocycles. The first-order valence-electron chi connectivity index (χ1n) is 8.88. The minimum Gasteiger partial charge on any atom is -0.494 e. The van der Waals surface area contributed by atoms with Crippen LogP contribution in [0.3, 0.4) is 0 Å². The highest BCUT2D eigenvalue weighted by atomic mass is 32.1. The summed E-state index contributed by atoms with van der Waals surface area (Å²) in [5.74, 6) is 0.932. The third-order valence-electron chi connectivity index (χ3n) is 4.27. The number of aromatic nitrogens is 2. The van der Waals surface area contributed by atoms with Crippen molar-refractivity contribution in [3.05, 3.63) is 33.8 Å². The van der Waals surface area contributed by atoms with Gasteiger partial charge in [-0.1, -0.05) is 23.5 Å². The molecular weight excluding hydrogens is 352 g/mol. The summed E-state index contributed by atoms with van der Waals surface area (Å²) in [6, 6.07) is 9.27. The lowest BCUT2D eigenvalue weighted by atomic mass is 10.0. The molecule has 1 N–H and O–H groups in total. The van der Waals surface area contributed by atoms with Crippen molar-refractivity contribution >= 4 is 28.7 Å². The van der Waals surface area contributed by atoms with Crippen LogP contribution in [0.25, 0.3) is 0 Å². The third-order valence-corrected chi connectivity index (χ3v) is 5.51. The molecule has 5 nitrogen and oxygen atoms in total. The molecule has 3 rings (SSSR count). The summed E-state index contributed by atoms with van der Waals surface area (Å²) in [4.78, 5) is 2.46. The predicted octanol–water partition coefficient (Wildman–Crippen LogP) is 4.69. The summed E-state index contributed by atoms with van der Waals surface area (Å²) in [6.07, 6.45) is 2.37. The first-order valence-corrected chi connectivity index (χ1v) is 10.1. The van der Waals surface area contributed by atoms with Crippen molar-refractivity contribution < 1.29 is 4.74 Å². The molecule has 25 heavy (non-hydrogen) atoms. The van der Waals surface area contributed by atoms with Gasteiger partial charge in [0.05, 0.1) is 13.3 Å². The lowest BCUT2D eigenvalue weighted by Gasteiger charge is -2.24. The van der Waals surface area contributed by atoms with Crippen molar-refractivity contribution in [1.82, 2.24) is 14.7 Å². The molecular formula is C18H26N4OS2. The van der Waals surface area contributed by atoms with Gasteiger partial charge in [-0.2, -0.15) is 0 Å². The van der Waals surface area contributed by atoms with Crippen LogP contribution in [0.4, 0.5) is 5.13 Å². The number of ether oxygens (including phenoxy) is 1. The van der Waals surface area contributed by atoms with Gasteiger partial charge in [0, 0.05) is 18.6 Å². The maximum absolute atomic E-state index is 5.55. The summed E-state index contributed by atoms with van der Waals surface area (Å²) in [7, 11) is 0. The Bertz CT molecular complexity index is 738. The SMILES string of the molecule is CCOc1ccc(C2CCCN2Cn2nc(NC(C)C)sc2=S)cc1. The van der Waals surface area contributed by atoms with E-state index < -0.39 is 0 Å². The number of benzene rings is 1. The Morgan fingerprint density at radius 2 is 2.12 bits per heavy atom. The average Bonchev–Trinajstić information content (AvgIpc) is 3.15. The molecule has 1 saturated heterocycles. The van der Waals surface area contributed by atoms with E-state index in [-0.39, 0.29) is 0 Å². The lowest BCUT2D eigenvalue weighted by Crippen LogP contribution is -2.27. The Labute approximate surface area is 158 Å². The largest absolute Gasteiger partial charge is 0.494 e. The first-order chi connectivity index (χ1) is 12.1. The lowest BCUT2D eigenvalue weighted by molar-refractivity contribution is 0.191. The van der Waals surface area contributed by atoms with Crippen LogP contribution in [0.1, 0.15) is 45.2 Å². The number of anilines is 1. The number of nitrogens with one attached hydrogen (secondary N) is 1. The van der Waals surface area contributed by atoms with Gasteiger partial charge in [0.25, 0.3) is 0 Å². The molecule has 0 bridgehead atoms. The minimum absolute atomic E-state index is 0.359. The molecule has 0 aliphatic carbocycles. The van der Waals surface area contributed by atoms with Crippen LogP contribution < -0.4 is 10.1 Å². The highest BCUT2D eigenvalue weighted by Gasteiger charge is 2.26. The molecule has 7 heteroatoms. The number of likely N-dealkylation sites (tertiary alicyclic amines) is 1. The van der Waals surface area contributed by atoms with Gasteiger partial charge in [0.15, 0.2) is 3.95 Å². The van der Waals surface area contributed by atoms with E-state index in [1.165, 1.54) is 18.4 Å². The van der Waals surface area contributed by atoms with Gasteiger partial charge < -0.3 is 10.1 Å². The highest BCUT2D eigenvalue weighted by Crippen LogP contribution is 2.33. The summed E-state index contributed by atoms with van der Waals surface area (Å²) in [5, 5.41) is 8.88. The van der Waals surface area contributed by atoms with E-state index in [4.69, 9.17) is 17.0 Å². The summed E-state index contributed by atoms with van der Waals surface area (Å²) in [5.41, 5.74) is 1.34. The van der Waals surface area contributed by atoms with Crippen molar-refractivity contribution in [2.45, 2.75) is 52.4 Å². The van der Waals surface area contributed by atoms with Crippen LogP contribution in [0.5, 0.6) is 5.75 Å². The number of rotatable bonds is 7. The van der Waals surface area contributed by atoms with E-state index >= 15 is 0 Å². The van der Waals surface area contributed by atoms with Gasteiger partial charge in [0.1, 0.15) is 5.75 Å². The standard InChI is InChI=1S/C18H26N4OS2/c1-4-23-15-9-7-14(8-10-15)16-6-5-11-21(16)12-22-18(24)25-17(20-22)19-13(2)3/h7-10,13,16H,4-6,11-12H2,1-3H3,(H,19,20). The van der Waals surface area contributed by atoms with Crippen LogP contribution in [-0.4, -0.2) is 33.9 Å². The summed E-state index contributed by atoms with van der Waals surface area (Å²) < 4.78 is 8.31. The molecule has 1 atom stereocenters. The zero-order valence-electron chi connectivity index (χ0n) is 15.1. The maximum atomic E-state index is 5.55. The molecule has 1 unspecified atom stereocenters. The minimum atomic E-state index is 0.359. The number of hydrogen-bond donors (Lipinski definition) is 1. The second-order valence-electron chi connectivity index (χ2n) is 6.59. The van der Waals surface area contributed by atoms with Crippen LogP contribution in [0.2, 0.25) is 0 Å². The van der Waals surface area contributed by atoms with Gasteiger partial charge in [-0.05, 0) is 63.5 Å². The van der Waals surface area contributed by atoms with Gasteiger partial charge in [0.2, 0.25) is 5.13 Å². The van der Waals surface area contributed by atoms with Crippen molar-refractivity contribution in [2.24, 2.45) is 0 Å². The molecule has 0 saturated carbocycles. The molecule has 136 valence electrons. The van der Waals surface area contributed by atoms with Crippen LogP contribution in [-0.2, 0) is 6.67 Å². The first kappa shape index (κ1) is 18.4. The van der Waals surface area contributed by atoms with E-state index in [1.54, 1.807) is 11.3 Å². The van der Waals surface area contributed by atoms with E-state index in [9.17, 15) is 0 Å². The Balaban J connectivity index is 1.71. The Morgan fingerprint density at radius 1 is 1.36 bits per heavy atom. The van der Waals surface area contributed by atoms with E-state index in [0.29, 0.717) is 18.7 Å². The van der Waals surface area contributed by atoms with Crippen LogP contribution in [0.15, 0.2) is 24.3 Å². The van der Waals surface area contributed by atoms with Gasteiger partial charge in [-0.25, -0.2) is 4.68 Å². The summed E-state index contributed by atoms with van der Waals surface area (Å²) in [6.45, 7) is 8.74. The Kier molecular flexibility index (Phi) is 6.09. The van der Waals surface area contributed by atoms with E-state index in [2.05, 4.69) is 53.4 Å². The van der Waals surface area contributed by atoms with Crippen molar-refractivity contribution in [3.8, 4) is 5.75 Å². The fourth-order valence-electron chi connectivity index (χ4n) is 3.20. The van der Waals surface area contributed by atoms with Crippen molar-refractivity contribution in [2.75, 3.05) is 18.5 Å². The zero-order valence-corrected chi connectivity index (χ0v) is 16.7. The quantitative estimate of drug-likeness (QED) is 0.708. The fraction of sp³-hybridized carbons (Fsp3) is 0.556. The molecule has 0 amide bonds. The Hall–Kier alpha value is -1.44. The zero-order chi connectivity index (χ0) is 17.8. The monoisotopic (exact) mass is 378 g/mol. The number of hydrogen-bond acceptors (Lipinski definition) is 6. The summed E-state index contributed by atoms with van der Waals surface area (Å²) >= 11 is 7.04. The number of nitrogens with zero attached hydrogens (tertiary/aromatic N) is 3. The van der Waals surface area contributed by atoms with Crippen LogP contribution >= 0.6 is 23.6 Å². The van der Waals surface area contributed by atoms with Crippen LogP contribution in [0, 0.1) is 3.95 Å². The molecule has 2 aromatic rings. The van der Waals surface area contributed by atoms with E-state index in [1.807, 2.05) is 11.6 Å².